The fourth-order valence-corrected chi connectivity index (χ4v) is 2.63. The van der Waals surface area contributed by atoms with Crippen LogP contribution in [0.3, 0.4) is 0 Å². The summed E-state index contributed by atoms with van der Waals surface area (Å²) in [5, 5.41) is 7.74. The second-order valence-corrected chi connectivity index (χ2v) is 5.13. The summed E-state index contributed by atoms with van der Waals surface area (Å²) in [6, 6.07) is 9.53. The van der Waals surface area contributed by atoms with Crippen LogP contribution in [0.4, 0.5) is 0 Å². The molecule has 0 radical (unpaired) electrons. The molecule has 0 amide bonds. The molecule has 6 heteroatoms. The fourth-order valence-electron chi connectivity index (χ4n) is 2.10. The van der Waals surface area contributed by atoms with Crippen LogP contribution in [0.1, 0.15) is 5.56 Å². The Balaban J connectivity index is 2.31. The second kappa shape index (κ2) is 5.19. The van der Waals surface area contributed by atoms with Crippen LogP contribution in [0, 0.1) is 11.7 Å². The number of aromatic amines is 1. The summed E-state index contributed by atoms with van der Waals surface area (Å²) in [4.78, 5) is 4.12. The van der Waals surface area contributed by atoms with E-state index >= 15 is 0 Å². The Morgan fingerprint density at radius 1 is 1.25 bits per heavy atom. The molecule has 1 N–H and O–H groups in total. The number of nitrogens with one attached hydrogen (secondary N) is 1. The number of hydrogen-bond acceptors (Lipinski definition) is 3. The van der Waals surface area contributed by atoms with Gasteiger partial charge >= 0.3 is 0 Å². The summed E-state index contributed by atoms with van der Waals surface area (Å²) in [5.74, 6) is 0.694. The fraction of sp³-hybridized carbons (Fsp3) is 0.0714. The molecule has 0 saturated carbocycles. The Hall–Kier alpha value is -1.98. The first-order valence-corrected chi connectivity index (χ1v) is 6.80. The van der Waals surface area contributed by atoms with Crippen LogP contribution >= 0.6 is 23.8 Å². The molecule has 4 nitrogen and oxygen atoms in total. The van der Waals surface area contributed by atoms with Gasteiger partial charge in [-0.2, -0.15) is 5.10 Å². The summed E-state index contributed by atoms with van der Waals surface area (Å²) >= 11 is 11.7. The molecule has 1 aromatic carbocycles. The standard InChI is InChI=1S/C14H11ClN4S/c1-9-4-2-6-11(15)12(9)19-13(17-18-14(19)20)10-5-3-7-16-8-10/h2-8H,1H3,(H,18,20). The molecular formula is C14H11ClN4S. The van der Waals surface area contributed by atoms with Gasteiger partial charge in [0.1, 0.15) is 0 Å². The average molecular weight is 303 g/mol. The average Bonchev–Trinajstić information content (AvgIpc) is 2.82. The van der Waals surface area contributed by atoms with Crippen molar-refractivity contribution < 1.29 is 0 Å². The van der Waals surface area contributed by atoms with E-state index in [0.717, 1.165) is 16.8 Å². The highest BCUT2D eigenvalue weighted by molar-refractivity contribution is 7.71. The third kappa shape index (κ3) is 2.15. The van der Waals surface area contributed by atoms with Crippen molar-refractivity contribution in [1.82, 2.24) is 19.7 Å². The van der Waals surface area contributed by atoms with E-state index in [1.165, 1.54) is 0 Å². The van der Waals surface area contributed by atoms with Gasteiger partial charge in [-0.15, -0.1) is 0 Å². The lowest BCUT2D eigenvalue weighted by Gasteiger charge is -2.11. The van der Waals surface area contributed by atoms with Crippen LogP contribution in [0.2, 0.25) is 5.02 Å². The van der Waals surface area contributed by atoms with E-state index in [1.54, 1.807) is 12.4 Å². The van der Waals surface area contributed by atoms with Gasteiger partial charge in [-0.25, -0.2) is 0 Å². The molecule has 20 heavy (non-hydrogen) atoms. The van der Waals surface area contributed by atoms with Gasteiger partial charge in [-0.1, -0.05) is 23.7 Å². The predicted octanol–water partition coefficient (Wildman–Crippen LogP) is 3.95. The minimum Gasteiger partial charge on any atom is -0.266 e. The zero-order valence-corrected chi connectivity index (χ0v) is 12.2. The van der Waals surface area contributed by atoms with E-state index in [4.69, 9.17) is 23.8 Å². The SMILES string of the molecule is Cc1cccc(Cl)c1-n1c(-c2cccnc2)n[nH]c1=S. The molecule has 0 aliphatic carbocycles. The Morgan fingerprint density at radius 3 is 2.80 bits per heavy atom. The third-order valence-corrected chi connectivity index (χ3v) is 3.58. The number of halogens is 1. The maximum absolute atomic E-state index is 6.33. The van der Waals surface area contributed by atoms with E-state index in [2.05, 4.69) is 15.2 Å². The Labute approximate surface area is 126 Å². The first-order valence-electron chi connectivity index (χ1n) is 6.02. The number of nitrogens with zero attached hydrogens (tertiary/aromatic N) is 3. The Kier molecular flexibility index (Phi) is 3.38. The normalized spacial score (nSPS) is 10.7. The van der Waals surface area contributed by atoms with Crippen LogP contribution in [-0.2, 0) is 0 Å². The molecule has 0 spiro atoms. The van der Waals surface area contributed by atoms with Crippen LogP contribution in [0.5, 0.6) is 0 Å². The number of aromatic nitrogens is 4. The first-order chi connectivity index (χ1) is 9.68. The summed E-state index contributed by atoms with van der Waals surface area (Å²) < 4.78 is 2.34. The van der Waals surface area contributed by atoms with E-state index in [-0.39, 0.29) is 0 Å². The van der Waals surface area contributed by atoms with Crippen molar-refractivity contribution in [3.63, 3.8) is 0 Å². The molecule has 0 fully saturated rings. The zero-order valence-electron chi connectivity index (χ0n) is 10.7. The number of benzene rings is 1. The number of aryl methyl sites for hydroxylation is 1. The largest absolute Gasteiger partial charge is 0.266 e. The summed E-state index contributed by atoms with van der Waals surface area (Å²) in [7, 11) is 0. The summed E-state index contributed by atoms with van der Waals surface area (Å²) in [6.45, 7) is 1.99. The third-order valence-electron chi connectivity index (χ3n) is 3.00. The Morgan fingerprint density at radius 2 is 2.10 bits per heavy atom. The number of rotatable bonds is 2. The van der Waals surface area contributed by atoms with Gasteiger partial charge in [0.2, 0.25) is 0 Å². The molecule has 0 bridgehead atoms. The Bertz CT molecular complexity index is 787. The molecular weight excluding hydrogens is 292 g/mol. The topological polar surface area (TPSA) is 46.5 Å². The van der Waals surface area contributed by atoms with Crippen molar-refractivity contribution in [3.8, 4) is 17.1 Å². The molecule has 3 rings (SSSR count). The lowest BCUT2D eigenvalue weighted by atomic mass is 10.2. The van der Waals surface area contributed by atoms with E-state index in [0.29, 0.717) is 15.6 Å². The quantitative estimate of drug-likeness (QED) is 0.729. The van der Waals surface area contributed by atoms with Crippen molar-refractivity contribution >= 4 is 23.8 Å². The van der Waals surface area contributed by atoms with Crippen molar-refractivity contribution in [2.45, 2.75) is 6.92 Å². The molecule has 100 valence electrons. The predicted molar refractivity (Wildman–Crippen MR) is 81.7 cm³/mol. The molecule has 0 aliphatic rings. The van der Waals surface area contributed by atoms with Gasteiger partial charge < -0.3 is 0 Å². The molecule has 0 unspecified atom stereocenters. The highest BCUT2D eigenvalue weighted by atomic mass is 35.5. The van der Waals surface area contributed by atoms with Gasteiger partial charge in [-0.3, -0.25) is 14.6 Å². The lowest BCUT2D eigenvalue weighted by Crippen LogP contribution is -2.01. The number of para-hydroxylation sites is 1. The van der Waals surface area contributed by atoms with Crippen molar-refractivity contribution in [2.75, 3.05) is 0 Å². The maximum Gasteiger partial charge on any atom is 0.200 e. The highest BCUT2D eigenvalue weighted by Crippen LogP contribution is 2.28. The number of hydrogen-bond donors (Lipinski definition) is 1. The van der Waals surface area contributed by atoms with Gasteiger partial charge in [0.25, 0.3) is 0 Å². The van der Waals surface area contributed by atoms with Crippen molar-refractivity contribution in [3.05, 3.63) is 58.1 Å². The van der Waals surface area contributed by atoms with E-state index in [9.17, 15) is 0 Å². The zero-order chi connectivity index (χ0) is 14.1. The summed E-state index contributed by atoms with van der Waals surface area (Å²) in [5.41, 5.74) is 2.74. The highest BCUT2D eigenvalue weighted by Gasteiger charge is 2.14. The number of pyridine rings is 1. The minimum absolute atomic E-state index is 0.500. The molecule has 3 aromatic rings. The van der Waals surface area contributed by atoms with E-state index < -0.39 is 0 Å². The van der Waals surface area contributed by atoms with Crippen LogP contribution in [-0.4, -0.2) is 19.7 Å². The van der Waals surface area contributed by atoms with Crippen molar-refractivity contribution in [2.24, 2.45) is 0 Å². The molecule has 0 atom stereocenters. The monoisotopic (exact) mass is 302 g/mol. The summed E-state index contributed by atoms with van der Waals surface area (Å²) in [6.07, 6.45) is 3.46. The van der Waals surface area contributed by atoms with Gasteiger partial charge in [0.15, 0.2) is 10.6 Å². The molecule has 2 aromatic heterocycles. The van der Waals surface area contributed by atoms with Gasteiger partial charge in [-0.05, 0) is 42.9 Å². The maximum atomic E-state index is 6.33. The number of H-pyrrole nitrogens is 1. The lowest BCUT2D eigenvalue weighted by molar-refractivity contribution is 1.02. The van der Waals surface area contributed by atoms with Gasteiger partial charge in [0, 0.05) is 18.0 Å². The molecule has 2 heterocycles. The van der Waals surface area contributed by atoms with Gasteiger partial charge in [0.05, 0.1) is 10.7 Å². The van der Waals surface area contributed by atoms with Crippen LogP contribution in [0.15, 0.2) is 42.7 Å². The van der Waals surface area contributed by atoms with Crippen molar-refractivity contribution in [1.29, 1.82) is 0 Å². The minimum atomic E-state index is 0.500. The second-order valence-electron chi connectivity index (χ2n) is 4.33. The smallest absolute Gasteiger partial charge is 0.200 e. The molecule has 0 saturated heterocycles. The molecule has 0 aliphatic heterocycles. The van der Waals surface area contributed by atoms with Crippen LogP contribution in [0.25, 0.3) is 17.1 Å². The first kappa shape index (κ1) is 13.0. The van der Waals surface area contributed by atoms with Crippen LogP contribution < -0.4 is 0 Å². The van der Waals surface area contributed by atoms with E-state index in [1.807, 2.05) is 41.8 Å².